The maximum Gasteiger partial charge on any atom is 0.130 e. The highest BCUT2D eigenvalue weighted by Crippen LogP contribution is 2.19. The van der Waals surface area contributed by atoms with E-state index in [1.54, 1.807) is 18.7 Å². The summed E-state index contributed by atoms with van der Waals surface area (Å²) < 4.78 is 0. The number of Topliss-reactive ketones (excluding diaryl/α,β-unsaturated/α-hetero) is 1. The van der Waals surface area contributed by atoms with Crippen LogP contribution in [0.2, 0.25) is 0 Å². The van der Waals surface area contributed by atoms with E-state index in [0.29, 0.717) is 6.42 Å². The maximum absolute atomic E-state index is 10.7. The molecule has 13 heavy (non-hydrogen) atoms. The average molecular weight is 194 g/mol. The Hall–Kier alpha value is -0.760. The number of rotatable bonds is 4. The molecule has 0 spiro atoms. The molecule has 0 aliphatic rings. The van der Waals surface area contributed by atoms with Gasteiger partial charge in [-0.15, -0.1) is 11.8 Å². The molecule has 0 saturated carbocycles. The summed E-state index contributed by atoms with van der Waals surface area (Å²) in [6.07, 6.45) is 0.665. The monoisotopic (exact) mass is 194 g/mol. The molecule has 0 fully saturated rings. The standard InChI is InChI=1S/C11H14OS/c1-9-4-3-5-11(8-9)13-7-6-10(2)12/h3-5,8H,6-7H2,1-2H3. The van der Waals surface area contributed by atoms with Gasteiger partial charge in [0.25, 0.3) is 0 Å². The van der Waals surface area contributed by atoms with Gasteiger partial charge in [-0.3, -0.25) is 4.79 Å². The van der Waals surface area contributed by atoms with Crippen LogP contribution in [-0.2, 0) is 4.79 Å². The van der Waals surface area contributed by atoms with Gasteiger partial charge in [0.1, 0.15) is 5.78 Å². The van der Waals surface area contributed by atoms with E-state index < -0.39 is 0 Å². The Labute approximate surface area is 83.5 Å². The van der Waals surface area contributed by atoms with E-state index in [9.17, 15) is 4.79 Å². The second-order valence-electron chi connectivity index (χ2n) is 3.12. The van der Waals surface area contributed by atoms with Crippen molar-refractivity contribution in [2.75, 3.05) is 5.75 Å². The first-order valence-corrected chi connectivity index (χ1v) is 5.36. The van der Waals surface area contributed by atoms with Crippen LogP contribution >= 0.6 is 11.8 Å². The zero-order valence-corrected chi connectivity index (χ0v) is 8.86. The van der Waals surface area contributed by atoms with Crippen molar-refractivity contribution in [3.05, 3.63) is 29.8 Å². The molecule has 0 amide bonds. The quantitative estimate of drug-likeness (QED) is 0.685. The highest BCUT2D eigenvalue weighted by Gasteiger charge is 1.96. The van der Waals surface area contributed by atoms with Gasteiger partial charge in [-0.05, 0) is 26.0 Å². The van der Waals surface area contributed by atoms with Crippen LogP contribution in [0.1, 0.15) is 18.9 Å². The van der Waals surface area contributed by atoms with Crippen molar-refractivity contribution in [3.8, 4) is 0 Å². The summed E-state index contributed by atoms with van der Waals surface area (Å²) >= 11 is 1.74. The Morgan fingerprint density at radius 3 is 2.85 bits per heavy atom. The SMILES string of the molecule is CC(=O)CCSc1cccc(C)c1. The summed E-state index contributed by atoms with van der Waals surface area (Å²) in [7, 11) is 0. The smallest absolute Gasteiger partial charge is 0.130 e. The molecule has 0 aromatic heterocycles. The lowest BCUT2D eigenvalue weighted by molar-refractivity contribution is -0.116. The van der Waals surface area contributed by atoms with Gasteiger partial charge in [0, 0.05) is 17.1 Å². The molecular formula is C11H14OS. The third-order valence-electron chi connectivity index (χ3n) is 1.71. The van der Waals surface area contributed by atoms with Gasteiger partial charge in [-0.2, -0.15) is 0 Å². The fraction of sp³-hybridized carbons (Fsp3) is 0.364. The second kappa shape index (κ2) is 5.07. The minimum absolute atomic E-state index is 0.264. The van der Waals surface area contributed by atoms with Crippen molar-refractivity contribution in [3.63, 3.8) is 0 Å². The van der Waals surface area contributed by atoms with Crippen molar-refractivity contribution >= 4 is 17.5 Å². The van der Waals surface area contributed by atoms with Crippen LogP contribution in [0.25, 0.3) is 0 Å². The predicted molar refractivity (Wildman–Crippen MR) is 57.2 cm³/mol. The molecule has 0 unspecified atom stereocenters. The molecule has 0 atom stereocenters. The molecule has 0 radical (unpaired) electrons. The summed E-state index contributed by atoms with van der Waals surface area (Å²) in [5.41, 5.74) is 1.27. The predicted octanol–water partition coefficient (Wildman–Crippen LogP) is 3.07. The first-order valence-electron chi connectivity index (χ1n) is 4.37. The van der Waals surface area contributed by atoms with Gasteiger partial charge in [0.2, 0.25) is 0 Å². The minimum atomic E-state index is 0.264. The first-order chi connectivity index (χ1) is 6.18. The van der Waals surface area contributed by atoms with Crippen molar-refractivity contribution in [2.45, 2.75) is 25.2 Å². The van der Waals surface area contributed by atoms with Gasteiger partial charge in [-0.1, -0.05) is 17.7 Å². The third kappa shape index (κ3) is 4.13. The number of hydrogen-bond donors (Lipinski definition) is 0. The molecule has 1 rings (SSSR count). The van der Waals surface area contributed by atoms with E-state index in [0.717, 1.165) is 5.75 Å². The molecule has 0 aliphatic carbocycles. The van der Waals surface area contributed by atoms with E-state index in [4.69, 9.17) is 0 Å². The Kier molecular flexibility index (Phi) is 4.03. The number of thioether (sulfide) groups is 1. The number of ketones is 1. The van der Waals surface area contributed by atoms with Crippen LogP contribution in [0, 0.1) is 6.92 Å². The average Bonchev–Trinajstić information content (AvgIpc) is 2.03. The van der Waals surface area contributed by atoms with Gasteiger partial charge in [0.05, 0.1) is 0 Å². The molecule has 0 aliphatic heterocycles. The molecule has 1 nitrogen and oxygen atoms in total. The topological polar surface area (TPSA) is 17.1 Å². The Morgan fingerprint density at radius 2 is 2.23 bits per heavy atom. The van der Waals surface area contributed by atoms with Gasteiger partial charge < -0.3 is 0 Å². The highest BCUT2D eigenvalue weighted by atomic mass is 32.2. The van der Waals surface area contributed by atoms with Crippen LogP contribution < -0.4 is 0 Å². The summed E-state index contributed by atoms with van der Waals surface area (Å²) in [6, 6.07) is 8.35. The van der Waals surface area contributed by atoms with E-state index >= 15 is 0 Å². The largest absolute Gasteiger partial charge is 0.300 e. The van der Waals surface area contributed by atoms with E-state index in [2.05, 4.69) is 25.1 Å². The van der Waals surface area contributed by atoms with Crippen LogP contribution in [0.15, 0.2) is 29.2 Å². The van der Waals surface area contributed by atoms with Crippen LogP contribution in [0.3, 0.4) is 0 Å². The third-order valence-corrected chi connectivity index (χ3v) is 2.71. The molecule has 0 saturated heterocycles. The highest BCUT2D eigenvalue weighted by molar-refractivity contribution is 7.99. The van der Waals surface area contributed by atoms with Gasteiger partial charge >= 0.3 is 0 Å². The summed E-state index contributed by atoms with van der Waals surface area (Å²) in [5, 5.41) is 0. The first kappa shape index (κ1) is 10.3. The maximum atomic E-state index is 10.7. The van der Waals surface area contributed by atoms with Gasteiger partial charge in [0.15, 0.2) is 0 Å². The lowest BCUT2D eigenvalue weighted by Crippen LogP contribution is -1.91. The fourth-order valence-corrected chi connectivity index (χ4v) is 2.09. The van der Waals surface area contributed by atoms with E-state index in [1.807, 2.05) is 6.07 Å². The molecule has 2 heteroatoms. The molecule has 1 aromatic carbocycles. The fourth-order valence-electron chi connectivity index (χ4n) is 1.02. The summed E-state index contributed by atoms with van der Waals surface area (Å²) in [4.78, 5) is 11.9. The second-order valence-corrected chi connectivity index (χ2v) is 4.29. The van der Waals surface area contributed by atoms with Crippen molar-refractivity contribution in [2.24, 2.45) is 0 Å². The van der Waals surface area contributed by atoms with E-state index in [1.165, 1.54) is 10.5 Å². The van der Waals surface area contributed by atoms with Crippen LogP contribution in [-0.4, -0.2) is 11.5 Å². The molecular weight excluding hydrogens is 180 g/mol. The number of aryl methyl sites for hydroxylation is 1. The number of hydrogen-bond acceptors (Lipinski definition) is 2. The molecule has 1 aromatic rings. The van der Waals surface area contributed by atoms with E-state index in [-0.39, 0.29) is 5.78 Å². The number of carbonyl (C=O) groups is 1. The van der Waals surface area contributed by atoms with Crippen LogP contribution in [0.4, 0.5) is 0 Å². The zero-order valence-electron chi connectivity index (χ0n) is 8.04. The summed E-state index contributed by atoms with van der Waals surface area (Å²) in [5.74, 6) is 1.15. The molecule has 0 N–H and O–H groups in total. The number of carbonyl (C=O) groups excluding carboxylic acids is 1. The Balaban J connectivity index is 2.41. The van der Waals surface area contributed by atoms with Crippen molar-refractivity contribution in [1.29, 1.82) is 0 Å². The van der Waals surface area contributed by atoms with Gasteiger partial charge in [-0.25, -0.2) is 0 Å². The Bertz CT molecular complexity index is 294. The number of benzene rings is 1. The molecule has 0 heterocycles. The lowest BCUT2D eigenvalue weighted by atomic mass is 10.2. The Morgan fingerprint density at radius 1 is 1.46 bits per heavy atom. The molecule has 0 bridgehead atoms. The normalized spacial score (nSPS) is 10.0. The summed E-state index contributed by atoms with van der Waals surface area (Å²) in [6.45, 7) is 3.71. The van der Waals surface area contributed by atoms with Crippen molar-refractivity contribution < 1.29 is 4.79 Å². The van der Waals surface area contributed by atoms with Crippen molar-refractivity contribution in [1.82, 2.24) is 0 Å². The minimum Gasteiger partial charge on any atom is -0.300 e. The zero-order chi connectivity index (χ0) is 9.68. The van der Waals surface area contributed by atoms with Crippen LogP contribution in [0.5, 0.6) is 0 Å². The lowest BCUT2D eigenvalue weighted by Gasteiger charge is -2.00. The molecule has 70 valence electrons.